The molecule has 1 aliphatic rings. The van der Waals surface area contributed by atoms with Crippen LogP contribution in [-0.4, -0.2) is 18.2 Å². The fraction of sp³-hybridized carbons (Fsp3) is 0.348. The fourth-order valence-corrected chi connectivity index (χ4v) is 3.11. The van der Waals surface area contributed by atoms with E-state index in [0.29, 0.717) is 0 Å². The van der Waals surface area contributed by atoms with E-state index in [9.17, 15) is 0 Å². The molecule has 1 aromatic carbocycles. The lowest BCUT2D eigenvalue weighted by Gasteiger charge is -2.19. The molecule has 1 fully saturated rings. The van der Waals surface area contributed by atoms with E-state index in [-0.39, 0.29) is 0 Å². The molecule has 0 radical (unpaired) electrons. The zero-order chi connectivity index (χ0) is 18.9. The monoisotopic (exact) mass is 358 g/mol. The number of aromatic nitrogens is 1. The van der Waals surface area contributed by atoms with Crippen molar-refractivity contribution >= 4 is 12.5 Å². The largest absolute Gasteiger partial charge is 0.331 e. The van der Waals surface area contributed by atoms with Gasteiger partial charge in [-0.25, -0.2) is 4.98 Å². The summed E-state index contributed by atoms with van der Waals surface area (Å²) in [6.07, 6.45) is 12.6. The number of rotatable bonds is 10. The van der Waals surface area contributed by atoms with Gasteiger partial charge in [0.1, 0.15) is 5.82 Å². The van der Waals surface area contributed by atoms with Crippen molar-refractivity contribution in [3.63, 3.8) is 0 Å². The third kappa shape index (κ3) is 6.07. The highest BCUT2D eigenvalue weighted by Crippen LogP contribution is 2.31. The first kappa shape index (κ1) is 18.8. The van der Waals surface area contributed by atoms with Crippen molar-refractivity contribution in [2.75, 3.05) is 11.4 Å². The summed E-state index contributed by atoms with van der Waals surface area (Å²) in [6.45, 7) is 4.52. The lowest BCUT2D eigenvalue weighted by atomic mass is 10.0. The fourth-order valence-electron chi connectivity index (χ4n) is 3.11. The number of unbranched alkanes of at least 4 members (excludes halogenated alkanes) is 1. The van der Waals surface area contributed by atoms with Crippen molar-refractivity contribution < 1.29 is 0 Å². The van der Waals surface area contributed by atoms with Gasteiger partial charge in [-0.2, -0.15) is 5.26 Å². The van der Waals surface area contributed by atoms with Crippen LogP contribution in [0.2, 0.25) is 0 Å². The predicted molar refractivity (Wildman–Crippen MR) is 111 cm³/mol. The first-order valence-corrected chi connectivity index (χ1v) is 9.61. The number of hydrogen-bond donors (Lipinski definition) is 0. The van der Waals surface area contributed by atoms with Crippen molar-refractivity contribution in [2.45, 2.75) is 38.5 Å². The van der Waals surface area contributed by atoms with Gasteiger partial charge in [0.05, 0.1) is 11.6 Å². The summed E-state index contributed by atoms with van der Waals surface area (Å²) in [7, 11) is 0. The van der Waals surface area contributed by atoms with Gasteiger partial charge >= 0.3 is 0 Å². The number of nitrogens with zero attached hydrogens (tertiary/aromatic N) is 4. The topological polar surface area (TPSA) is 52.3 Å². The Balaban J connectivity index is 1.52. The van der Waals surface area contributed by atoms with E-state index < -0.39 is 0 Å². The van der Waals surface area contributed by atoms with Crippen molar-refractivity contribution in [3.8, 4) is 6.07 Å². The van der Waals surface area contributed by atoms with Gasteiger partial charge in [-0.1, -0.05) is 12.1 Å². The molecule has 0 amide bonds. The number of nitriles is 1. The maximum Gasteiger partial charge on any atom is 0.132 e. The molecule has 4 heteroatoms. The molecule has 0 atom stereocenters. The molecule has 1 aromatic heterocycles. The van der Waals surface area contributed by atoms with Crippen LogP contribution in [0.5, 0.6) is 0 Å². The van der Waals surface area contributed by atoms with E-state index in [1.807, 2.05) is 24.5 Å². The third-order valence-electron chi connectivity index (χ3n) is 4.87. The lowest BCUT2D eigenvalue weighted by molar-refractivity contribution is 0.732. The van der Waals surface area contributed by atoms with Gasteiger partial charge in [0, 0.05) is 25.1 Å². The summed E-state index contributed by atoms with van der Waals surface area (Å²) < 4.78 is 0. The highest BCUT2D eigenvalue weighted by atomic mass is 15.2. The Bertz CT molecular complexity index is 813. The number of aliphatic imine (C=N–C) groups is 1. The molecule has 0 saturated heterocycles. The normalized spacial score (nSPS) is 13.4. The smallest absolute Gasteiger partial charge is 0.132 e. The van der Waals surface area contributed by atoms with Crippen LogP contribution in [0.4, 0.5) is 5.82 Å². The van der Waals surface area contributed by atoms with E-state index in [4.69, 9.17) is 5.26 Å². The van der Waals surface area contributed by atoms with Gasteiger partial charge in [0.2, 0.25) is 0 Å². The Hall–Kier alpha value is -2.93. The molecule has 0 N–H and O–H groups in total. The van der Waals surface area contributed by atoms with Crippen LogP contribution >= 0.6 is 0 Å². The number of pyridine rings is 1. The summed E-state index contributed by atoms with van der Waals surface area (Å²) in [5.41, 5.74) is 3.34. The highest BCUT2D eigenvalue weighted by Gasteiger charge is 2.24. The number of anilines is 1. The third-order valence-corrected chi connectivity index (χ3v) is 4.87. The quantitative estimate of drug-likeness (QED) is 0.448. The molecule has 4 nitrogen and oxygen atoms in total. The first-order chi connectivity index (χ1) is 13.3. The van der Waals surface area contributed by atoms with Gasteiger partial charge in [-0.05, 0) is 86.6 Å². The predicted octanol–water partition coefficient (Wildman–Crippen LogP) is 4.91. The van der Waals surface area contributed by atoms with E-state index in [1.54, 1.807) is 6.20 Å². The molecular weight excluding hydrogens is 332 g/mol. The van der Waals surface area contributed by atoms with Crippen LogP contribution in [0.3, 0.4) is 0 Å². The molecule has 1 saturated carbocycles. The number of hydrogen-bond acceptors (Lipinski definition) is 4. The molecule has 1 aliphatic carbocycles. The Labute approximate surface area is 161 Å². The molecule has 27 heavy (non-hydrogen) atoms. The van der Waals surface area contributed by atoms with Crippen LogP contribution in [-0.2, 0) is 12.8 Å². The highest BCUT2D eigenvalue weighted by molar-refractivity contribution is 5.45. The first-order valence-electron chi connectivity index (χ1n) is 9.61. The summed E-state index contributed by atoms with van der Waals surface area (Å²) in [6, 6.07) is 14.4. The van der Waals surface area contributed by atoms with Crippen molar-refractivity contribution in [1.29, 1.82) is 5.26 Å². The maximum atomic E-state index is 8.86. The van der Waals surface area contributed by atoms with Crippen LogP contribution in [0.1, 0.15) is 42.4 Å². The second-order valence-corrected chi connectivity index (χ2v) is 7.11. The number of benzene rings is 1. The minimum Gasteiger partial charge on any atom is -0.331 e. The van der Waals surface area contributed by atoms with E-state index in [1.165, 1.54) is 24.0 Å². The molecule has 1 heterocycles. The Morgan fingerprint density at radius 3 is 2.56 bits per heavy atom. The summed E-state index contributed by atoms with van der Waals surface area (Å²) in [5.74, 6) is 1.77. The average Bonchev–Trinajstić information content (AvgIpc) is 3.53. The molecule has 0 bridgehead atoms. The average molecular weight is 358 g/mol. The minimum absolute atomic E-state index is 0.722. The Morgan fingerprint density at radius 2 is 1.89 bits per heavy atom. The minimum atomic E-state index is 0.722. The lowest BCUT2D eigenvalue weighted by Crippen LogP contribution is -2.20. The molecule has 0 spiro atoms. The second kappa shape index (κ2) is 9.68. The van der Waals surface area contributed by atoms with E-state index in [0.717, 1.165) is 49.5 Å². The van der Waals surface area contributed by atoms with E-state index in [2.05, 4.69) is 51.9 Å². The molecule has 2 aromatic rings. The molecule has 0 unspecified atom stereocenters. The van der Waals surface area contributed by atoms with Crippen LogP contribution < -0.4 is 4.90 Å². The Morgan fingerprint density at radius 1 is 1.15 bits per heavy atom. The molecule has 138 valence electrons. The van der Waals surface area contributed by atoms with Crippen molar-refractivity contribution in [1.82, 2.24) is 4.98 Å². The van der Waals surface area contributed by atoms with Crippen LogP contribution in [0, 0.1) is 17.2 Å². The standard InChI is InChI=1S/C23H26N4/c1-25-14-15-27(18-22-10-11-22)23-16-20(12-13-26-23)5-3-2-4-19-6-8-21(17-24)9-7-19/h6-9,12-16,22H,1-5,10-11,18H2/b15-14-. The van der Waals surface area contributed by atoms with Crippen LogP contribution in [0.15, 0.2) is 60.0 Å². The van der Waals surface area contributed by atoms with Gasteiger partial charge in [0.25, 0.3) is 0 Å². The number of aryl methyl sites for hydroxylation is 2. The summed E-state index contributed by atoms with van der Waals surface area (Å²) in [4.78, 5) is 10.6. The molecule has 3 rings (SSSR count). The van der Waals surface area contributed by atoms with Crippen molar-refractivity contribution in [2.24, 2.45) is 10.9 Å². The molecule has 0 aliphatic heterocycles. The van der Waals surface area contributed by atoms with Crippen molar-refractivity contribution in [3.05, 3.63) is 71.7 Å². The zero-order valence-electron chi connectivity index (χ0n) is 15.7. The molecular formula is C23H26N4. The maximum absolute atomic E-state index is 8.86. The summed E-state index contributed by atoms with van der Waals surface area (Å²) in [5, 5.41) is 8.86. The van der Waals surface area contributed by atoms with Gasteiger partial charge in [0.15, 0.2) is 0 Å². The van der Waals surface area contributed by atoms with Crippen LogP contribution in [0.25, 0.3) is 0 Å². The summed E-state index contributed by atoms with van der Waals surface area (Å²) >= 11 is 0. The Kier molecular flexibility index (Phi) is 6.76. The zero-order valence-corrected chi connectivity index (χ0v) is 15.7. The van der Waals surface area contributed by atoms with E-state index >= 15 is 0 Å². The van der Waals surface area contributed by atoms with Gasteiger partial charge in [-0.3, -0.25) is 4.99 Å². The SMILES string of the molecule is C=N/C=C\N(CC1CC1)c1cc(CCCCc2ccc(C#N)cc2)ccn1. The van der Waals surface area contributed by atoms with Gasteiger partial charge < -0.3 is 4.90 Å². The van der Waals surface area contributed by atoms with Gasteiger partial charge in [-0.15, -0.1) is 0 Å². The second-order valence-electron chi connectivity index (χ2n) is 7.11.